The smallest absolute Gasteiger partial charge is 0.326 e. The number of carbonyl (C=O) groups excluding carboxylic acids is 1. The first-order chi connectivity index (χ1) is 10.6. The maximum Gasteiger partial charge on any atom is 0.326 e. The van der Waals surface area contributed by atoms with Crippen LogP contribution in [-0.2, 0) is 16.0 Å². The van der Waals surface area contributed by atoms with E-state index >= 15 is 0 Å². The average Bonchev–Trinajstić information content (AvgIpc) is 2.47. The summed E-state index contributed by atoms with van der Waals surface area (Å²) in [6, 6.07) is 9.20. The molecule has 1 saturated carbocycles. The van der Waals surface area contributed by atoms with Crippen LogP contribution in [0.1, 0.15) is 51.0 Å². The van der Waals surface area contributed by atoms with Gasteiger partial charge in [-0.3, -0.25) is 4.79 Å². The quantitative estimate of drug-likeness (QED) is 0.775. The molecule has 0 aromatic heterocycles. The summed E-state index contributed by atoms with van der Waals surface area (Å²) in [5, 5.41) is 12.1. The molecule has 0 aliphatic heterocycles. The number of aliphatic carboxylic acids is 1. The number of unbranched alkanes of at least 4 members (excludes halogenated alkanes) is 1. The van der Waals surface area contributed by atoms with Gasteiger partial charge in [0.15, 0.2) is 0 Å². The van der Waals surface area contributed by atoms with Gasteiger partial charge in [-0.2, -0.15) is 0 Å². The molecule has 120 valence electrons. The molecule has 4 heteroatoms. The van der Waals surface area contributed by atoms with E-state index in [9.17, 15) is 14.7 Å². The standard InChI is InChI=1S/C18H25NO3/c1-2-3-10-15(16(20)21)19-17(22)18(11-7-12-18)13-14-8-5-4-6-9-14/h4-6,8-9,15H,2-3,7,10-13H2,1H3,(H,19,22)(H,20,21). The molecule has 0 radical (unpaired) electrons. The Kier molecular flexibility index (Phi) is 5.58. The number of carboxylic acid groups (broad SMARTS) is 1. The maximum atomic E-state index is 12.7. The number of hydrogen-bond donors (Lipinski definition) is 2. The Morgan fingerprint density at radius 2 is 1.95 bits per heavy atom. The van der Waals surface area contributed by atoms with Crippen LogP contribution in [0, 0.1) is 5.41 Å². The molecule has 1 aromatic carbocycles. The van der Waals surface area contributed by atoms with E-state index in [0.29, 0.717) is 12.8 Å². The zero-order valence-corrected chi connectivity index (χ0v) is 13.2. The number of amides is 1. The van der Waals surface area contributed by atoms with Crippen LogP contribution >= 0.6 is 0 Å². The van der Waals surface area contributed by atoms with Crippen molar-refractivity contribution in [3.05, 3.63) is 35.9 Å². The van der Waals surface area contributed by atoms with E-state index < -0.39 is 17.4 Å². The van der Waals surface area contributed by atoms with Crippen LogP contribution in [0.25, 0.3) is 0 Å². The first kappa shape index (κ1) is 16.5. The van der Waals surface area contributed by atoms with Gasteiger partial charge in [-0.05, 0) is 31.2 Å². The highest BCUT2D eigenvalue weighted by atomic mass is 16.4. The number of carboxylic acids is 1. The predicted molar refractivity (Wildman–Crippen MR) is 85.5 cm³/mol. The molecule has 0 bridgehead atoms. The topological polar surface area (TPSA) is 66.4 Å². The normalized spacial score (nSPS) is 17.3. The van der Waals surface area contributed by atoms with Crippen molar-refractivity contribution in [1.82, 2.24) is 5.32 Å². The largest absolute Gasteiger partial charge is 0.480 e. The number of nitrogens with one attached hydrogen (secondary N) is 1. The molecule has 1 aliphatic carbocycles. The van der Waals surface area contributed by atoms with E-state index in [1.54, 1.807) is 0 Å². The van der Waals surface area contributed by atoms with Gasteiger partial charge in [-0.25, -0.2) is 4.79 Å². The summed E-state index contributed by atoms with van der Waals surface area (Å²) in [5.74, 6) is -1.03. The van der Waals surface area contributed by atoms with Gasteiger partial charge in [0.05, 0.1) is 5.41 Å². The SMILES string of the molecule is CCCCC(NC(=O)C1(Cc2ccccc2)CCC1)C(=O)O. The predicted octanol–water partition coefficient (Wildman–Crippen LogP) is 3.16. The minimum absolute atomic E-state index is 0.0916. The summed E-state index contributed by atoms with van der Waals surface area (Å²) in [4.78, 5) is 24.0. The van der Waals surface area contributed by atoms with E-state index in [1.807, 2.05) is 37.3 Å². The summed E-state index contributed by atoms with van der Waals surface area (Å²) >= 11 is 0. The van der Waals surface area contributed by atoms with Gasteiger partial charge >= 0.3 is 5.97 Å². The van der Waals surface area contributed by atoms with Crippen molar-refractivity contribution in [1.29, 1.82) is 0 Å². The highest BCUT2D eigenvalue weighted by molar-refractivity contribution is 5.88. The zero-order chi connectivity index (χ0) is 16.0. The lowest BCUT2D eigenvalue weighted by atomic mass is 9.64. The molecule has 1 amide bonds. The van der Waals surface area contributed by atoms with Gasteiger partial charge in [0.1, 0.15) is 6.04 Å². The Balaban J connectivity index is 2.03. The summed E-state index contributed by atoms with van der Waals surface area (Å²) in [7, 11) is 0. The summed E-state index contributed by atoms with van der Waals surface area (Å²) in [5.41, 5.74) is 0.721. The molecular weight excluding hydrogens is 278 g/mol. The van der Waals surface area contributed by atoms with Crippen molar-refractivity contribution < 1.29 is 14.7 Å². The lowest BCUT2D eigenvalue weighted by Crippen LogP contribution is -2.52. The number of rotatable bonds is 8. The van der Waals surface area contributed by atoms with Crippen molar-refractivity contribution >= 4 is 11.9 Å². The first-order valence-electron chi connectivity index (χ1n) is 8.15. The molecule has 1 aromatic rings. The highest BCUT2D eigenvalue weighted by Gasteiger charge is 2.44. The fourth-order valence-corrected chi connectivity index (χ4v) is 3.05. The molecule has 0 spiro atoms. The van der Waals surface area contributed by atoms with Crippen LogP contribution in [0.4, 0.5) is 0 Å². The maximum absolute atomic E-state index is 12.7. The Labute approximate surface area is 131 Å². The Morgan fingerprint density at radius 3 is 2.45 bits per heavy atom. The summed E-state index contributed by atoms with van der Waals surface area (Å²) in [6.45, 7) is 2.02. The van der Waals surface area contributed by atoms with Crippen LogP contribution in [0.2, 0.25) is 0 Å². The number of benzene rings is 1. The number of hydrogen-bond acceptors (Lipinski definition) is 2. The fraction of sp³-hybridized carbons (Fsp3) is 0.556. The van der Waals surface area contributed by atoms with Gasteiger partial charge in [-0.1, -0.05) is 56.5 Å². The molecule has 1 aliphatic rings. The number of carbonyl (C=O) groups is 2. The van der Waals surface area contributed by atoms with Gasteiger partial charge in [0.2, 0.25) is 5.91 Å². The van der Waals surface area contributed by atoms with Crippen molar-refractivity contribution in [2.45, 2.75) is 57.9 Å². The van der Waals surface area contributed by atoms with E-state index in [-0.39, 0.29) is 5.91 Å². The second-order valence-electron chi connectivity index (χ2n) is 6.30. The molecule has 4 nitrogen and oxygen atoms in total. The third-order valence-electron chi connectivity index (χ3n) is 4.63. The van der Waals surface area contributed by atoms with E-state index in [4.69, 9.17) is 0 Å². The van der Waals surface area contributed by atoms with Crippen molar-refractivity contribution in [3.8, 4) is 0 Å². The Hall–Kier alpha value is -1.84. The third kappa shape index (κ3) is 3.87. The fourth-order valence-electron chi connectivity index (χ4n) is 3.05. The summed E-state index contributed by atoms with van der Waals surface area (Å²) < 4.78 is 0. The van der Waals surface area contributed by atoms with Crippen LogP contribution in [-0.4, -0.2) is 23.0 Å². The minimum Gasteiger partial charge on any atom is -0.480 e. The van der Waals surface area contributed by atoms with Crippen LogP contribution in [0.15, 0.2) is 30.3 Å². The van der Waals surface area contributed by atoms with Crippen molar-refractivity contribution in [3.63, 3.8) is 0 Å². The third-order valence-corrected chi connectivity index (χ3v) is 4.63. The van der Waals surface area contributed by atoms with Crippen LogP contribution in [0.5, 0.6) is 0 Å². The molecule has 1 atom stereocenters. The van der Waals surface area contributed by atoms with E-state index in [0.717, 1.165) is 37.7 Å². The van der Waals surface area contributed by atoms with E-state index in [2.05, 4.69) is 5.32 Å². The van der Waals surface area contributed by atoms with Gasteiger partial charge in [0.25, 0.3) is 0 Å². The Morgan fingerprint density at radius 1 is 1.27 bits per heavy atom. The zero-order valence-electron chi connectivity index (χ0n) is 13.2. The van der Waals surface area contributed by atoms with Crippen LogP contribution < -0.4 is 5.32 Å². The van der Waals surface area contributed by atoms with E-state index in [1.165, 1.54) is 0 Å². The lowest BCUT2D eigenvalue weighted by molar-refractivity contribution is -0.146. The summed E-state index contributed by atoms with van der Waals surface area (Å²) in [6.07, 6.45) is 5.64. The molecule has 2 N–H and O–H groups in total. The van der Waals surface area contributed by atoms with Gasteiger partial charge < -0.3 is 10.4 Å². The molecular formula is C18H25NO3. The molecule has 1 fully saturated rings. The second-order valence-corrected chi connectivity index (χ2v) is 6.30. The van der Waals surface area contributed by atoms with Gasteiger partial charge in [-0.15, -0.1) is 0 Å². The molecule has 0 saturated heterocycles. The van der Waals surface area contributed by atoms with Crippen molar-refractivity contribution in [2.75, 3.05) is 0 Å². The molecule has 1 unspecified atom stereocenters. The molecule has 2 rings (SSSR count). The van der Waals surface area contributed by atoms with Gasteiger partial charge in [0, 0.05) is 0 Å². The monoisotopic (exact) mass is 303 g/mol. The van der Waals surface area contributed by atoms with Crippen LogP contribution in [0.3, 0.4) is 0 Å². The Bertz CT molecular complexity index is 508. The minimum atomic E-state index is -0.934. The average molecular weight is 303 g/mol. The van der Waals surface area contributed by atoms with Crippen molar-refractivity contribution in [2.24, 2.45) is 5.41 Å². The highest BCUT2D eigenvalue weighted by Crippen LogP contribution is 2.44. The lowest BCUT2D eigenvalue weighted by Gasteiger charge is -2.41. The second kappa shape index (κ2) is 7.43. The first-order valence-corrected chi connectivity index (χ1v) is 8.15. The molecule has 0 heterocycles. The molecule has 22 heavy (non-hydrogen) atoms.